The Labute approximate surface area is 240 Å². The van der Waals surface area contributed by atoms with Crippen LogP contribution in [0.25, 0.3) is 6.08 Å². The molecule has 0 atom stereocenters. The molecule has 2 amide bonds. The van der Waals surface area contributed by atoms with Crippen LogP contribution in [0.1, 0.15) is 63.1 Å². The van der Waals surface area contributed by atoms with Gasteiger partial charge in [0.2, 0.25) is 21.8 Å². The summed E-state index contributed by atoms with van der Waals surface area (Å²) < 4.78 is 27.5. The molecule has 40 heavy (non-hydrogen) atoms. The molecule has 0 spiro atoms. The molecule has 0 unspecified atom stereocenters. The Hall–Kier alpha value is -2.97. The fourth-order valence-corrected chi connectivity index (χ4v) is 6.44. The van der Waals surface area contributed by atoms with E-state index >= 15 is 0 Å². The summed E-state index contributed by atoms with van der Waals surface area (Å²) in [5.41, 5.74) is 3.11. The van der Waals surface area contributed by atoms with Gasteiger partial charge in [-0.3, -0.25) is 9.59 Å². The van der Waals surface area contributed by atoms with Crippen LogP contribution in [-0.2, 0) is 26.2 Å². The Morgan fingerprint density at radius 2 is 1.68 bits per heavy atom. The third-order valence-electron chi connectivity index (χ3n) is 7.48. The second kappa shape index (κ2) is 15.1. The SMILES string of the molecule is CCCS(=O)(=O)N(CCC(C)C)CC(=O)N(Cc1ccccc1C)C1CCN(C(=O)/C=C/c2ccccc2)CC1. The van der Waals surface area contributed by atoms with E-state index in [1.165, 1.54) is 4.31 Å². The maximum Gasteiger partial charge on any atom is 0.246 e. The number of amides is 2. The molecule has 0 bridgehead atoms. The van der Waals surface area contributed by atoms with Gasteiger partial charge in [0, 0.05) is 38.3 Å². The molecule has 0 aromatic heterocycles. The van der Waals surface area contributed by atoms with Crippen LogP contribution >= 0.6 is 0 Å². The number of sulfonamides is 1. The first-order chi connectivity index (χ1) is 19.1. The number of benzene rings is 2. The number of aryl methyl sites for hydroxylation is 1. The minimum Gasteiger partial charge on any atom is -0.339 e. The van der Waals surface area contributed by atoms with Gasteiger partial charge in [0.1, 0.15) is 0 Å². The summed E-state index contributed by atoms with van der Waals surface area (Å²) in [5, 5.41) is 0. The molecule has 7 nitrogen and oxygen atoms in total. The van der Waals surface area contributed by atoms with E-state index in [-0.39, 0.29) is 30.2 Å². The number of hydrogen-bond donors (Lipinski definition) is 0. The van der Waals surface area contributed by atoms with E-state index in [1.807, 2.05) is 84.3 Å². The van der Waals surface area contributed by atoms with Gasteiger partial charge in [-0.1, -0.05) is 75.4 Å². The van der Waals surface area contributed by atoms with E-state index in [1.54, 1.807) is 6.08 Å². The van der Waals surface area contributed by atoms with E-state index in [0.717, 1.165) is 16.7 Å². The summed E-state index contributed by atoms with van der Waals surface area (Å²) in [4.78, 5) is 30.4. The van der Waals surface area contributed by atoms with Gasteiger partial charge in [-0.2, -0.15) is 4.31 Å². The zero-order valence-electron chi connectivity index (χ0n) is 24.5. The van der Waals surface area contributed by atoms with Crippen LogP contribution in [0.2, 0.25) is 0 Å². The Morgan fingerprint density at radius 1 is 1.02 bits per heavy atom. The van der Waals surface area contributed by atoms with Crippen molar-refractivity contribution in [1.29, 1.82) is 0 Å². The fourth-order valence-electron chi connectivity index (χ4n) is 4.97. The molecule has 1 aliphatic rings. The molecule has 1 heterocycles. The van der Waals surface area contributed by atoms with Gasteiger partial charge in [0.15, 0.2) is 0 Å². The highest BCUT2D eigenvalue weighted by Gasteiger charge is 2.32. The summed E-state index contributed by atoms with van der Waals surface area (Å²) >= 11 is 0. The van der Waals surface area contributed by atoms with Crippen molar-refractivity contribution in [2.75, 3.05) is 31.9 Å². The quantitative estimate of drug-likeness (QED) is 0.315. The lowest BCUT2D eigenvalue weighted by molar-refractivity contribution is -0.136. The smallest absolute Gasteiger partial charge is 0.246 e. The number of carbonyl (C=O) groups excluding carboxylic acids is 2. The summed E-state index contributed by atoms with van der Waals surface area (Å²) in [6.45, 7) is 9.68. The molecule has 8 heteroatoms. The van der Waals surface area contributed by atoms with Gasteiger partial charge in [-0.15, -0.1) is 0 Å². The second-order valence-electron chi connectivity index (χ2n) is 11.1. The summed E-state index contributed by atoms with van der Waals surface area (Å²) in [6.07, 6.45) is 5.94. The minimum atomic E-state index is -3.53. The monoisotopic (exact) mass is 567 g/mol. The Bertz CT molecular complexity index is 1240. The lowest BCUT2D eigenvalue weighted by atomic mass is 10.0. The van der Waals surface area contributed by atoms with Crippen molar-refractivity contribution >= 4 is 27.9 Å². The average molecular weight is 568 g/mol. The van der Waals surface area contributed by atoms with Crippen LogP contribution in [0.15, 0.2) is 60.7 Å². The lowest BCUT2D eigenvalue weighted by Gasteiger charge is -2.39. The molecule has 3 rings (SSSR count). The number of likely N-dealkylation sites (tertiary alicyclic amines) is 1. The molecule has 0 saturated carbocycles. The van der Waals surface area contributed by atoms with Crippen LogP contribution in [-0.4, -0.2) is 72.3 Å². The van der Waals surface area contributed by atoms with E-state index in [0.29, 0.717) is 57.8 Å². The van der Waals surface area contributed by atoms with Crippen molar-refractivity contribution in [3.8, 4) is 0 Å². The molecule has 1 saturated heterocycles. The van der Waals surface area contributed by atoms with Crippen LogP contribution < -0.4 is 0 Å². The fraction of sp³-hybridized carbons (Fsp3) is 0.500. The summed E-state index contributed by atoms with van der Waals surface area (Å²) in [5.74, 6) is 0.146. The minimum absolute atomic E-state index is 0.0349. The molecular formula is C32H45N3O4S. The molecule has 0 aliphatic carbocycles. The predicted molar refractivity (Wildman–Crippen MR) is 162 cm³/mol. The molecule has 2 aromatic carbocycles. The maximum absolute atomic E-state index is 13.9. The Kier molecular flexibility index (Phi) is 11.9. The van der Waals surface area contributed by atoms with Gasteiger partial charge in [0.25, 0.3) is 0 Å². The highest BCUT2D eigenvalue weighted by molar-refractivity contribution is 7.89. The average Bonchev–Trinajstić information content (AvgIpc) is 2.94. The van der Waals surface area contributed by atoms with Gasteiger partial charge in [-0.05, 0) is 61.3 Å². The normalized spacial score (nSPS) is 14.8. The molecule has 1 fully saturated rings. The first-order valence-electron chi connectivity index (χ1n) is 14.4. The third kappa shape index (κ3) is 9.30. The van der Waals surface area contributed by atoms with Gasteiger partial charge >= 0.3 is 0 Å². The molecule has 0 N–H and O–H groups in total. The number of carbonyl (C=O) groups is 2. The Morgan fingerprint density at radius 3 is 2.30 bits per heavy atom. The number of rotatable bonds is 13. The van der Waals surface area contributed by atoms with Crippen molar-refractivity contribution in [2.45, 2.75) is 66.0 Å². The molecule has 0 radical (unpaired) electrons. The van der Waals surface area contributed by atoms with Crippen molar-refractivity contribution in [2.24, 2.45) is 5.92 Å². The van der Waals surface area contributed by atoms with Gasteiger partial charge < -0.3 is 9.80 Å². The topological polar surface area (TPSA) is 78.0 Å². The van der Waals surface area contributed by atoms with Gasteiger partial charge in [0.05, 0.1) is 12.3 Å². The highest BCUT2D eigenvalue weighted by atomic mass is 32.2. The van der Waals surface area contributed by atoms with E-state index < -0.39 is 10.0 Å². The predicted octanol–water partition coefficient (Wildman–Crippen LogP) is 5.12. The van der Waals surface area contributed by atoms with Crippen molar-refractivity contribution in [1.82, 2.24) is 14.1 Å². The number of piperidine rings is 1. The Balaban J connectivity index is 1.75. The number of nitrogens with zero attached hydrogens (tertiary/aromatic N) is 3. The third-order valence-corrected chi connectivity index (χ3v) is 9.50. The number of hydrogen-bond acceptors (Lipinski definition) is 4. The second-order valence-corrected chi connectivity index (χ2v) is 13.2. The molecular weight excluding hydrogens is 522 g/mol. The van der Waals surface area contributed by atoms with E-state index in [9.17, 15) is 18.0 Å². The zero-order chi connectivity index (χ0) is 29.1. The summed E-state index contributed by atoms with van der Waals surface area (Å²) in [7, 11) is -3.53. The van der Waals surface area contributed by atoms with Crippen molar-refractivity contribution in [3.63, 3.8) is 0 Å². The van der Waals surface area contributed by atoms with Crippen LogP contribution in [0.3, 0.4) is 0 Å². The first kappa shape index (κ1) is 31.6. The highest BCUT2D eigenvalue weighted by Crippen LogP contribution is 2.22. The first-order valence-corrected chi connectivity index (χ1v) is 16.1. The maximum atomic E-state index is 13.9. The lowest BCUT2D eigenvalue weighted by Crippen LogP contribution is -2.51. The molecule has 1 aliphatic heterocycles. The van der Waals surface area contributed by atoms with Crippen LogP contribution in [0, 0.1) is 12.8 Å². The van der Waals surface area contributed by atoms with Crippen LogP contribution in [0.4, 0.5) is 0 Å². The molecule has 218 valence electrons. The van der Waals surface area contributed by atoms with Crippen LogP contribution in [0.5, 0.6) is 0 Å². The van der Waals surface area contributed by atoms with E-state index in [4.69, 9.17) is 0 Å². The van der Waals surface area contributed by atoms with Gasteiger partial charge in [-0.25, -0.2) is 8.42 Å². The van der Waals surface area contributed by atoms with E-state index in [2.05, 4.69) is 13.8 Å². The largest absolute Gasteiger partial charge is 0.339 e. The standard InChI is InChI=1S/C32H45N3O4S/c1-5-23-40(38,39)34(22-17-26(2)3)25-32(37)35(24-29-14-10-9-11-27(29)4)30-18-20-33(21-19-30)31(36)16-15-28-12-7-6-8-13-28/h6-16,26,30H,5,17-25H2,1-4H3/b16-15+. The summed E-state index contributed by atoms with van der Waals surface area (Å²) in [6, 6.07) is 17.6. The molecule has 2 aromatic rings. The van der Waals surface area contributed by atoms with Crippen molar-refractivity contribution < 1.29 is 18.0 Å². The van der Waals surface area contributed by atoms with Crippen molar-refractivity contribution in [3.05, 3.63) is 77.4 Å². The zero-order valence-corrected chi connectivity index (χ0v) is 25.3.